The number of aliphatic hydroxyl groups is 1. The van der Waals surface area contributed by atoms with E-state index in [4.69, 9.17) is 14.2 Å². The number of aliphatic hydroxyl groups excluding tert-OH is 1. The van der Waals surface area contributed by atoms with Crippen LogP contribution in [0.2, 0.25) is 0 Å². The van der Waals surface area contributed by atoms with Crippen LogP contribution in [-0.2, 0) is 0 Å². The molecular formula is C23H23N5O3. The molecule has 8 heteroatoms. The van der Waals surface area contributed by atoms with Crippen molar-refractivity contribution < 1.29 is 14.4 Å². The number of β-amino-alcohol motifs (C(OH)–C–C–N with tert-alkyl or cyclic N) is 1. The Balaban J connectivity index is 1.62. The van der Waals surface area contributed by atoms with Crippen LogP contribution in [0.4, 0.5) is 5.95 Å². The Bertz CT molecular complexity index is 1260. The Hall–Kier alpha value is -3.39. The first-order valence-corrected chi connectivity index (χ1v) is 10.6. The number of benzene rings is 1. The topological polar surface area (TPSA) is 89.4 Å². The van der Waals surface area contributed by atoms with Gasteiger partial charge in [-0.3, -0.25) is 9.55 Å². The highest BCUT2D eigenvalue weighted by Gasteiger charge is 2.34. The highest BCUT2D eigenvalue weighted by atomic mass is 16.5. The summed E-state index contributed by atoms with van der Waals surface area (Å²) in [7, 11) is 0. The zero-order valence-corrected chi connectivity index (χ0v) is 17.4. The zero-order valence-electron chi connectivity index (χ0n) is 17.4. The molecule has 0 saturated carbocycles. The molecule has 1 aromatic carbocycles. The number of aryl methyl sites for hydroxylation is 2. The Morgan fingerprint density at radius 3 is 2.81 bits per heavy atom. The zero-order chi connectivity index (χ0) is 21.1. The molecule has 6 rings (SSSR count). The van der Waals surface area contributed by atoms with Crippen LogP contribution in [0.25, 0.3) is 22.2 Å². The molecule has 31 heavy (non-hydrogen) atoms. The maximum Gasteiger partial charge on any atom is 0.207 e. The second-order valence-corrected chi connectivity index (χ2v) is 8.29. The number of nitrogens with zero attached hydrogens (tertiary/aromatic N) is 5. The van der Waals surface area contributed by atoms with Crippen molar-refractivity contribution in [2.75, 3.05) is 24.6 Å². The summed E-state index contributed by atoms with van der Waals surface area (Å²) in [5.74, 6) is 2.42. The predicted octanol–water partition coefficient (Wildman–Crippen LogP) is 3.26. The molecular weight excluding hydrogens is 394 g/mol. The third-order valence-corrected chi connectivity index (χ3v) is 6.30. The molecule has 2 aliphatic heterocycles. The molecule has 2 atom stereocenters. The third kappa shape index (κ3) is 2.75. The summed E-state index contributed by atoms with van der Waals surface area (Å²) < 4.78 is 14.1. The molecule has 3 aromatic heterocycles. The van der Waals surface area contributed by atoms with Crippen molar-refractivity contribution in [3.8, 4) is 16.9 Å². The first-order valence-electron chi connectivity index (χ1n) is 10.6. The van der Waals surface area contributed by atoms with Gasteiger partial charge in [-0.1, -0.05) is 11.2 Å². The summed E-state index contributed by atoms with van der Waals surface area (Å²) >= 11 is 0. The second-order valence-electron chi connectivity index (χ2n) is 8.29. The minimum absolute atomic E-state index is 0.0566. The maximum absolute atomic E-state index is 10.2. The van der Waals surface area contributed by atoms with E-state index in [1.165, 1.54) is 0 Å². The van der Waals surface area contributed by atoms with Crippen LogP contribution in [0.15, 0.2) is 41.2 Å². The molecule has 0 amide bonds. The highest BCUT2D eigenvalue weighted by molar-refractivity contribution is 5.94. The number of anilines is 1. The lowest BCUT2D eigenvalue weighted by molar-refractivity contribution is 0.198. The van der Waals surface area contributed by atoms with E-state index < -0.39 is 0 Å². The van der Waals surface area contributed by atoms with Gasteiger partial charge < -0.3 is 19.3 Å². The van der Waals surface area contributed by atoms with Crippen LogP contribution in [0.1, 0.15) is 29.5 Å². The maximum atomic E-state index is 10.2. The molecule has 2 aliphatic rings. The van der Waals surface area contributed by atoms with E-state index in [0.29, 0.717) is 13.2 Å². The van der Waals surface area contributed by atoms with E-state index in [1.54, 1.807) is 6.20 Å². The lowest BCUT2D eigenvalue weighted by Crippen LogP contribution is -2.30. The monoisotopic (exact) mass is 417 g/mol. The molecule has 1 fully saturated rings. The van der Waals surface area contributed by atoms with Gasteiger partial charge in [-0.2, -0.15) is 0 Å². The van der Waals surface area contributed by atoms with Crippen LogP contribution in [0.5, 0.6) is 5.75 Å². The minimum Gasteiger partial charge on any atom is -0.488 e. The normalized spacial score (nSPS) is 20.4. The molecule has 0 bridgehead atoms. The summed E-state index contributed by atoms with van der Waals surface area (Å²) in [6, 6.07) is 8.02. The Kier molecular flexibility index (Phi) is 4.04. The number of hydrogen-bond donors (Lipinski definition) is 1. The van der Waals surface area contributed by atoms with E-state index in [1.807, 2.05) is 38.2 Å². The Labute approximate surface area is 179 Å². The van der Waals surface area contributed by atoms with Crippen molar-refractivity contribution in [2.24, 2.45) is 0 Å². The SMILES string of the molecule is Cc1noc(C)c1-c1ccc2nc(N3CC[C@H](O)C3)n3c2c1OC[C@@H]3c1cccnc1. The van der Waals surface area contributed by atoms with E-state index in [-0.39, 0.29) is 12.1 Å². The second kappa shape index (κ2) is 6.81. The lowest BCUT2D eigenvalue weighted by Gasteiger charge is -2.30. The Morgan fingerprint density at radius 2 is 2.10 bits per heavy atom. The lowest BCUT2D eigenvalue weighted by atomic mass is 10.0. The smallest absolute Gasteiger partial charge is 0.207 e. The van der Waals surface area contributed by atoms with Gasteiger partial charge in [0, 0.05) is 31.0 Å². The highest BCUT2D eigenvalue weighted by Crippen LogP contribution is 2.46. The van der Waals surface area contributed by atoms with Crippen molar-refractivity contribution in [1.29, 1.82) is 0 Å². The average Bonchev–Trinajstić information content (AvgIpc) is 3.48. The van der Waals surface area contributed by atoms with Crippen LogP contribution in [0, 0.1) is 13.8 Å². The van der Waals surface area contributed by atoms with Crippen LogP contribution >= 0.6 is 0 Å². The summed E-state index contributed by atoms with van der Waals surface area (Å²) in [5.41, 5.74) is 5.64. The number of aromatic nitrogens is 4. The fraction of sp³-hybridized carbons (Fsp3) is 0.348. The fourth-order valence-corrected chi connectivity index (χ4v) is 4.85. The van der Waals surface area contributed by atoms with Crippen LogP contribution < -0.4 is 9.64 Å². The molecule has 158 valence electrons. The summed E-state index contributed by atoms with van der Waals surface area (Å²) in [6.07, 6.45) is 4.07. The van der Waals surface area contributed by atoms with Crippen molar-refractivity contribution >= 4 is 17.0 Å². The van der Waals surface area contributed by atoms with E-state index >= 15 is 0 Å². The van der Waals surface area contributed by atoms with E-state index in [0.717, 1.165) is 63.8 Å². The molecule has 1 N–H and O–H groups in total. The largest absolute Gasteiger partial charge is 0.488 e. The number of rotatable bonds is 3. The van der Waals surface area contributed by atoms with Gasteiger partial charge in [0.1, 0.15) is 17.9 Å². The number of imidazole rings is 1. The van der Waals surface area contributed by atoms with Crippen molar-refractivity contribution in [1.82, 2.24) is 19.7 Å². The third-order valence-electron chi connectivity index (χ3n) is 6.30. The van der Waals surface area contributed by atoms with Gasteiger partial charge >= 0.3 is 0 Å². The molecule has 0 radical (unpaired) electrons. The van der Waals surface area contributed by atoms with Gasteiger partial charge in [-0.25, -0.2) is 4.98 Å². The molecule has 8 nitrogen and oxygen atoms in total. The van der Waals surface area contributed by atoms with Crippen molar-refractivity contribution in [2.45, 2.75) is 32.4 Å². The molecule has 0 spiro atoms. The number of ether oxygens (including phenoxy) is 1. The predicted molar refractivity (Wildman–Crippen MR) is 115 cm³/mol. The molecule has 4 aromatic rings. The molecule has 5 heterocycles. The summed E-state index contributed by atoms with van der Waals surface area (Å²) in [6.45, 7) is 5.68. The van der Waals surface area contributed by atoms with Crippen LogP contribution in [0.3, 0.4) is 0 Å². The first kappa shape index (κ1) is 18.4. The quantitative estimate of drug-likeness (QED) is 0.547. The molecule has 0 aliphatic carbocycles. The van der Waals surface area contributed by atoms with Gasteiger partial charge in [-0.15, -0.1) is 0 Å². The van der Waals surface area contributed by atoms with E-state index in [2.05, 4.69) is 25.7 Å². The van der Waals surface area contributed by atoms with E-state index in [9.17, 15) is 5.11 Å². The average molecular weight is 417 g/mol. The number of pyridine rings is 1. The van der Waals surface area contributed by atoms with Gasteiger partial charge in [0.15, 0.2) is 5.75 Å². The minimum atomic E-state index is -0.332. The summed E-state index contributed by atoms with van der Waals surface area (Å²) in [5, 5.41) is 14.3. The van der Waals surface area contributed by atoms with Crippen molar-refractivity contribution in [3.63, 3.8) is 0 Å². The molecule has 1 saturated heterocycles. The van der Waals surface area contributed by atoms with Gasteiger partial charge in [-0.05, 0) is 44.0 Å². The van der Waals surface area contributed by atoms with Gasteiger partial charge in [0.25, 0.3) is 0 Å². The van der Waals surface area contributed by atoms with Crippen molar-refractivity contribution in [3.05, 3.63) is 53.7 Å². The fourth-order valence-electron chi connectivity index (χ4n) is 4.85. The Morgan fingerprint density at radius 1 is 1.19 bits per heavy atom. The standard InChI is InChI=1S/C23H23N5O3/c1-13-20(14(2)31-26-13)17-5-6-18-21-22(17)30-12-19(15-4-3-8-24-10-15)28(21)23(25-18)27-9-7-16(29)11-27/h3-6,8,10,16,19,29H,7,9,11-12H2,1-2H3/t16-,19+/m0/s1. The van der Waals surface area contributed by atoms with Gasteiger partial charge in [0.2, 0.25) is 5.95 Å². The number of hydrogen-bond acceptors (Lipinski definition) is 7. The van der Waals surface area contributed by atoms with Gasteiger partial charge in [0.05, 0.1) is 28.9 Å². The molecule has 0 unspecified atom stereocenters. The first-order chi connectivity index (χ1) is 15.1. The summed E-state index contributed by atoms with van der Waals surface area (Å²) in [4.78, 5) is 11.5. The van der Waals surface area contributed by atoms with Crippen LogP contribution in [-0.4, -0.2) is 50.6 Å².